The first-order valence-electron chi connectivity index (χ1n) is 14.1. The molecule has 0 fully saturated rings. The maximum atomic E-state index is 12.7. The van der Waals surface area contributed by atoms with E-state index in [2.05, 4.69) is 43.3 Å². The minimum absolute atomic E-state index is 0.205. The fraction of sp³-hybridized carbons (Fsp3) is 0.424. The van der Waals surface area contributed by atoms with Crippen LogP contribution in [0.2, 0.25) is 0 Å². The van der Waals surface area contributed by atoms with Gasteiger partial charge in [0.25, 0.3) is 0 Å². The van der Waals surface area contributed by atoms with Gasteiger partial charge in [-0.1, -0.05) is 108 Å². The highest BCUT2D eigenvalue weighted by Crippen LogP contribution is 2.69. The van der Waals surface area contributed by atoms with Crippen molar-refractivity contribution in [1.29, 1.82) is 0 Å². The summed E-state index contributed by atoms with van der Waals surface area (Å²) in [5.41, 5.74) is 0. The molecule has 0 aromatic heterocycles. The largest absolute Gasteiger partial charge is 0.494 e. The van der Waals surface area contributed by atoms with Crippen LogP contribution in [0.4, 0.5) is 0 Å². The first-order chi connectivity index (χ1) is 18.2. The maximum Gasteiger partial charge on any atom is 0.316 e. The van der Waals surface area contributed by atoms with Gasteiger partial charge in [-0.2, -0.15) is 0 Å². The zero-order valence-electron chi connectivity index (χ0n) is 22.7. The molecule has 0 saturated heterocycles. The highest BCUT2D eigenvalue weighted by molar-refractivity contribution is 8.30. The first kappa shape index (κ1) is 28.8. The third kappa shape index (κ3) is 8.67. The van der Waals surface area contributed by atoms with Crippen LogP contribution in [0.1, 0.15) is 84.5 Å². The van der Waals surface area contributed by atoms with Crippen molar-refractivity contribution >= 4 is 16.3 Å². The van der Waals surface area contributed by atoms with E-state index in [1.165, 1.54) is 57.8 Å². The standard InChI is InChI=1S/C33H44O3S/c1-3-5-6-7-8-9-10-11-12-19-28-35-29-24-26-32(27-25-29)37(36-33(34)4-2,30-20-15-13-16-21-30)31-22-17-14-18-23-31/h13-18,20-27H,3-12,19,28H2,1-2H3. The van der Waals surface area contributed by atoms with Crippen molar-refractivity contribution in [2.75, 3.05) is 6.61 Å². The lowest BCUT2D eigenvalue weighted by molar-refractivity contribution is -0.133. The molecule has 0 amide bonds. The Morgan fingerprint density at radius 2 is 1.05 bits per heavy atom. The number of hydrogen-bond donors (Lipinski definition) is 0. The molecule has 0 aliphatic carbocycles. The number of carbonyl (C=O) groups is 1. The van der Waals surface area contributed by atoms with Crippen molar-refractivity contribution in [2.45, 2.75) is 99.2 Å². The van der Waals surface area contributed by atoms with Crippen LogP contribution in [0.5, 0.6) is 5.75 Å². The molecule has 0 aliphatic rings. The van der Waals surface area contributed by atoms with Gasteiger partial charge in [-0.25, -0.2) is 0 Å². The van der Waals surface area contributed by atoms with Crippen LogP contribution in [0.3, 0.4) is 0 Å². The lowest BCUT2D eigenvalue weighted by Gasteiger charge is -2.39. The van der Waals surface area contributed by atoms with Gasteiger partial charge < -0.3 is 8.92 Å². The summed E-state index contributed by atoms with van der Waals surface area (Å²) < 4.78 is 12.4. The summed E-state index contributed by atoms with van der Waals surface area (Å²) in [6.45, 7) is 4.84. The Kier molecular flexibility index (Phi) is 12.6. The number of benzene rings is 3. The molecule has 3 nitrogen and oxygen atoms in total. The summed E-state index contributed by atoms with van der Waals surface area (Å²) in [4.78, 5) is 15.7. The topological polar surface area (TPSA) is 35.5 Å². The Balaban J connectivity index is 1.63. The number of ether oxygens (including phenoxy) is 1. The zero-order valence-corrected chi connectivity index (χ0v) is 23.5. The molecule has 0 spiro atoms. The Morgan fingerprint density at radius 3 is 1.54 bits per heavy atom. The molecule has 3 aromatic carbocycles. The highest BCUT2D eigenvalue weighted by atomic mass is 32.3. The first-order valence-corrected chi connectivity index (χ1v) is 15.6. The average Bonchev–Trinajstić information content (AvgIpc) is 2.96. The fourth-order valence-electron chi connectivity index (χ4n) is 4.48. The Labute approximate surface area is 226 Å². The molecule has 0 aliphatic heterocycles. The van der Waals surface area contributed by atoms with Gasteiger partial charge in [-0.05, 0) is 65.3 Å². The average molecular weight is 521 g/mol. The second-order valence-corrected chi connectivity index (χ2v) is 12.2. The van der Waals surface area contributed by atoms with Crippen LogP contribution in [0, 0.1) is 0 Å². The number of hydrogen-bond acceptors (Lipinski definition) is 3. The van der Waals surface area contributed by atoms with E-state index in [0.29, 0.717) is 6.42 Å². The van der Waals surface area contributed by atoms with E-state index in [1.807, 2.05) is 55.5 Å². The van der Waals surface area contributed by atoms with Crippen molar-refractivity contribution in [1.82, 2.24) is 0 Å². The van der Waals surface area contributed by atoms with Crippen LogP contribution >= 0.6 is 10.3 Å². The van der Waals surface area contributed by atoms with Crippen LogP contribution in [0.15, 0.2) is 99.6 Å². The lowest BCUT2D eigenvalue weighted by Crippen LogP contribution is -2.13. The highest BCUT2D eigenvalue weighted by Gasteiger charge is 2.35. The van der Waals surface area contributed by atoms with E-state index < -0.39 is 10.3 Å². The van der Waals surface area contributed by atoms with E-state index in [0.717, 1.165) is 33.5 Å². The van der Waals surface area contributed by atoms with Gasteiger partial charge in [0.15, 0.2) is 0 Å². The van der Waals surface area contributed by atoms with Crippen LogP contribution < -0.4 is 4.74 Å². The van der Waals surface area contributed by atoms with Crippen molar-refractivity contribution in [3.05, 3.63) is 84.9 Å². The van der Waals surface area contributed by atoms with Crippen LogP contribution in [0.25, 0.3) is 0 Å². The minimum atomic E-state index is -2.21. The van der Waals surface area contributed by atoms with E-state index in [-0.39, 0.29) is 5.97 Å². The smallest absolute Gasteiger partial charge is 0.316 e. The third-order valence-corrected chi connectivity index (χ3v) is 9.82. The summed E-state index contributed by atoms with van der Waals surface area (Å²) in [5.74, 6) is 0.653. The predicted octanol–water partition coefficient (Wildman–Crippen LogP) is 10.1. The Hall–Kier alpha value is -2.72. The number of carbonyl (C=O) groups excluding carboxylic acids is 1. The normalized spacial score (nSPS) is 11.7. The van der Waals surface area contributed by atoms with Gasteiger partial charge in [0.1, 0.15) is 5.75 Å². The summed E-state index contributed by atoms with van der Waals surface area (Å²) in [5, 5.41) is 0. The molecular weight excluding hydrogens is 476 g/mol. The third-order valence-electron chi connectivity index (χ3n) is 6.58. The Morgan fingerprint density at radius 1 is 0.595 bits per heavy atom. The molecule has 37 heavy (non-hydrogen) atoms. The van der Waals surface area contributed by atoms with Crippen LogP contribution in [-0.4, -0.2) is 12.6 Å². The molecule has 0 heterocycles. The molecular formula is C33H44O3S. The molecule has 0 saturated carbocycles. The molecule has 0 bridgehead atoms. The molecule has 3 aromatic rings. The maximum absolute atomic E-state index is 12.7. The lowest BCUT2D eigenvalue weighted by atomic mass is 10.1. The molecule has 0 N–H and O–H groups in total. The molecule has 0 unspecified atom stereocenters. The van der Waals surface area contributed by atoms with Gasteiger partial charge in [-0.3, -0.25) is 4.79 Å². The van der Waals surface area contributed by atoms with Gasteiger partial charge in [0.05, 0.1) is 6.61 Å². The molecule has 200 valence electrons. The van der Waals surface area contributed by atoms with Crippen molar-refractivity contribution < 1.29 is 13.7 Å². The van der Waals surface area contributed by atoms with E-state index in [4.69, 9.17) is 8.92 Å². The fourth-order valence-corrected chi connectivity index (χ4v) is 7.58. The Bertz CT molecular complexity index is 979. The van der Waals surface area contributed by atoms with Gasteiger partial charge in [0, 0.05) is 21.1 Å². The molecule has 0 atom stereocenters. The quantitative estimate of drug-likeness (QED) is 0.166. The predicted molar refractivity (Wildman–Crippen MR) is 155 cm³/mol. The summed E-state index contributed by atoms with van der Waals surface area (Å²) in [7, 11) is -2.21. The van der Waals surface area contributed by atoms with Crippen molar-refractivity contribution in [2.24, 2.45) is 0 Å². The summed E-state index contributed by atoms with van der Waals surface area (Å²) in [6, 6.07) is 28.4. The van der Waals surface area contributed by atoms with Gasteiger partial charge >= 0.3 is 5.97 Å². The zero-order chi connectivity index (χ0) is 26.2. The van der Waals surface area contributed by atoms with Crippen molar-refractivity contribution in [3.63, 3.8) is 0 Å². The molecule has 4 heteroatoms. The monoisotopic (exact) mass is 520 g/mol. The second kappa shape index (κ2) is 16.2. The van der Waals surface area contributed by atoms with Crippen LogP contribution in [-0.2, 0) is 8.98 Å². The van der Waals surface area contributed by atoms with Gasteiger partial charge in [-0.15, -0.1) is 0 Å². The molecule has 3 rings (SSSR count). The second-order valence-electron chi connectivity index (χ2n) is 9.49. The van der Waals surface area contributed by atoms with E-state index in [1.54, 1.807) is 0 Å². The molecule has 0 radical (unpaired) electrons. The minimum Gasteiger partial charge on any atom is -0.494 e. The number of unbranched alkanes of at least 4 members (excludes halogenated alkanes) is 9. The van der Waals surface area contributed by atoms with E-state index in [9.17, 15) is 4.79 Å². The van der Waals surface area contributed by atoms with Crippen molar-refractivity contribution in [3.8, 4) is 5.75 Å². The number of rotatable bonds is 17. The SMILES string of the molecule is CCCCCCCCCCCCOc1ccc(S(OC(=O)CC)(c2ccccc2)c2ccccc2)cc1. The van der Waals surface area contributed by atoms with Gasteiger partial charge in [0.2, 0.25) is 0 Å². The summed E-state index contributed by atoms with van der Waals surface area (Å²) >= 11 is 0. The van der Waals surface area contributed by atoms with E-state index >= 15 is 0 Å². The summed E-state index contributed by atoms with van der Waals surface area (Å²) in [6.07, 6.45) is 13.5.